The summed E-state index contributed by atoms with van der Waals surface area (Å²) in [5.74, 6) is -1.41. The highest BCUT2D eigenvalue weighted by Crippen LogP contribution is 2.52. The van der Waals surface area contributed by atoms with E-state index in [9.17, 15) is 14.7 Å². The molecular formula is C16H20N2O3S. The normalized spacial score (nSPS) is 32.7. The zero-order valence-corrected chi connectivity index (χ0v) is 13.2. The molecule has 22 heavy (non-hydrogen) atoms. The molecule has 2 saturated carbocycles. The number of nitrogens with zero attached hydrogens (tertiary/aromatic N) is 1. The number of aliphatic carboxylic acids is 1. The highest BCUT2D eigenvalue weighted by molar-refractivity contribution is 7.15. The fraction of sp³-hybridized carbons (Fsp3) is 0.688. The molecule has 1 aromatic heterocycles. The number of carbonyl (C=O) groups is 2. The summed E-state index contributed by atoms with van der Waals surface area (Å²) < 4.78 is 0. The van der Waals surface area contributed by atoms with Crippen molar-refractivity contribution in [1.29, 1.82) is 0 Å². The first-order valence-corrected chi connectivity index (χ1v) is 8.97. The number of carboxylic acids is 1. The maximum atomic E-state index is 12.6. The quantitative estimate of drug-likeness (QED) is 0.897. The number of fused-ring (bicyclic) bond motifs is 3. The molecule has 118 valence electrons. The van der Waals surface area contributed by atoms with Crippen molar-refractivity contribution in [3.63, 3.8) is 0 Å². The van der Waals surface area contributed by atoms with Gasteiger partial charge in [0.15, 0.2) is 5.13 Å². The van der Waals surface area contributed by atoms with E-state index in [0.29, 0.717) is 5.13 Å². The molecule has 0 aromatic carbocycles. The molecule has 2 N–H and O–H groups in total. The Hall–Kier alpha value is -1.43. The molecule has 0 unspecified atom stereocenters. The van der Waals surface area contributed by atoms with Crippen LogP contribution in [0.5, 0.6) is 0 Å². The van der Waals surface area contributed by atoms with Crippen molar-refractivity contribution in [2.75, 3.05) is 5.32 Å². The van der Waals surface area contributed by atoms with Crippen LogP contribution in [0.1, 0.15) is 42.7 Å². The topological polar surface area (TPSA) is 79.3 Å². The summed E-state index contributed by atoms with van der Waals surface area (Å²) in [6.07, 6.45) is 7.23. The minimum Gasteiger partial charge on any atom is -0.481 e. The summed E-state index contributed by atoms with van der Waals surface area (Å²) in [5.41, 5.74) is 1.12. The number of aromatic nitrogens is 1. The molecule has 0 saturated heterocycles. The van der Waals surface area contributed by atoms with Crippen molar-refractivity contribution in [3.05, 3.63) is 10.6 Å². The van der Waals surface area contributed by atoms with Gasteiger partial charge in [-0.25, -0.2) is 4.98 Å². The molecule has 2 fully saturated rings. The third-order valence-electron chi connectivity index (χ3n) is 5.58. The first-order valence-electron chi connectivity index (χ1n) is 8.15. The van der Waals surface area contributed by atoms with Crippen molar-refractivity contribution < 1.29 is 14.7 Å². The number of rotatable bonds is 3. The molecular weight excluding hydrogens is 300 g/mol. The van der Waals surface area contributed by atoms with Gasteiger partial charge in [-0.15, -0.1) is 11.3 Å². The number of aryl methyl sites for hydroxylation is 2. The Bertz CT molecular complexity index is 603. The van der Waals surface area contributed by atoms with Crippen LogP contribution in [0.2, 0.25) is 0 Å². The Balaban J connectivity index is 1.52. The molecule has 1 heterocycles. The first kappa shape index (κ1) is 14.2. The van der Waals surface area contributed by atoms with Gasteiger partial charge >= 0.3 is 5.97 Å². The lowest BCUT2D eigenvalue weighted by molar-refractivity contribution is -0.148. The van der Waals surface area contributed by atoms with E-state index < -0.39 is 11.9 Å². The van der Waals surface area contributed by atoms with Crippen molar-refractivity contribution in [2.24, 2.45) is 23.7 Å². The van der Waals surface area contributed by atoms with Gasteiger partial charge in [-0.1, -0.05) is 0 Å². The third-order valence-corrected chi connectivity index (χ3v) is 6.65. The number of nitrogens with one attached hydrogen (secondary N) is 1. The second-order valence-electron chi connectivity index (χ2n) is 6.81. The second kappa shape index (κ2) is 5.33. The van der Waals surface area contributed by atoms with Crippen LogP contribution < -0.4 is 5.32 Å². The average Bonchev–Trinajstić information content (AvgIpc) is 3.19. The zero-order valence-electron chi connectivity index (χ0n) is 12.4. The second-order valence-corrected chi connectivity index (χ2v) is 7.89. The Morgan fingerprint density at radius 1 is 1.14 bits per heavy atom. The van der Waals surface area contributed by atoms with Crippen LogP contribution in [0.25, 0.3) is 0 Å². The van der Waals surface area contributed by atoms with Gasteiger partial charge in [0.05, 0.1) is 17.5 Å². The summed E-state index contributed by atoms with van der Waals surface area (Å²) in [5, 5.41) is 13.0. The molecule has 0 radical (unpaired) electrons. The summed E-state index contributed by atoms with van der Waals surface area (Å²) in [6, 6.07) is 0. The largest absolute Gasteiger partial charge is 0.481 e. The van der Waals surface area contributed by atoms with E-state index in [0.717, 1.165) is 44.2 Å². The minimum atomic E-state index is -0.814. The van der Waals surface area contributed by atoms with E-state index in [1.165, 1.54) is 11.3 Å². The number of thiazole rings is 1. The predicted octanol–water partition coefficient (Wildman–Crippen LogP) is 2.71. The van der Waals surface area contributed by atoms with Gasteiger partial charge in [-0.05, 0) is 56.8 Å². The van der Waals surface area contributed by atoms with Crippen LogP contribution >= 0.6 is 11.3 Å². The maximum Gasteiger partial charge on any atom is 0.307 e. The van der Waals surface area contributed by atoms with Crippen LogP contribution in [0.4, 0.5) is 5.13 Å². The SMILES string of the molecule is O=C(O)[C@H]1[C@H]2CC[C@H](C2)[C@@H]1C(=O)Nc1nc2c(s1)CCCC2. The molecule has 6 heteroatoms. The third kappa shape index (κ3) is 2.24. The predicted molar refractivity (Wildman–Crippen MR) is 82.8 cm³/mol. The van der Waals surface area contributed by atoms with Crippen LogP contribution in [-0.4, -0.2) is 22.0 Å². The summed E-state index contributed by atoms with van der Waals surface area (Å²) in [7, 11) is 0. The molecule has 4 rings (SSSR count). The molecule has 5 nitrogen and oxygen atoms in total. The van der Waals surface area contributed by atoms with E-state index in [1.54, 1.807) is 11.3 Å². The highest BCUT2D eigenvalue weighted by Gasteiger charge is 2.54. The Kier molecular flexibility index (Phi) is 3.44. The van der Waals surface area contributed by atoms with E-state index in [-0.39, 0.29) is 23.7 Å². The molecule has 1 amide bonds. The number of anilines is 1. The summed E-state index contributed by atoms with van der Waals surface area (Å²) in [6.45, 7) is 0. The number of carbonyl (C=O) groups excluding carboxylic acids is 1. The number of amides is 1. The smallest absolute Gasteiger partial charge is 0.307 e. The van der Waals surface area contributed by atoms with E-state index in [1.807, 2.05) is 0 Å². The number of hydrogen-bond acceptors (Lipinski definition) is 4. The summed E-state index contributed by atoms with van der Waals surface area (Å²) in [4.78, 5) is 30.0. The lowest BCUT2D eigenvalue weighted by Gasteiger charge is -2.26. The molecule has 0 aliphatic heterocycles. The Morgan fingerprint density at radius 2 is 1.86 bits per heavy atom. The van der Waals surface area contributed by atoms with Crippen molar-refractivity contribution in [3.8, 4) is 0 Å². The van der Waals surface area contributed by atoms with Crippen molar-refractivity contribution in [2.45, 2.75) is 44.9 Å². The standard InChI is InChI=1S/C16H20N2O3S/c19-14(12-8-5-6-9(7-8)13(12)15(20)21)18-16-17-10-3-1-2-4-11(10)22-16/h8-9,12-13H,1-7H2,(H,20,21)(H,17,18,19)/t8-,9+,12+,13+/m1/s1. The molecule has 3 aliphatic rings. The van der Waals surface area contributed by atoms with E-state index in [2.05, 4.69) is 10.3 Å². The molecule has 0 spiro atoms. The average molecular weight is 320 g/mol. The number of hydrogen-bond donors (Lipinski definition) is 2. The Morgan fingerprint density at radius 3 is 2.59 bits per heavy atom. The molecule has 4 atom stereocenters. The van der Waals surface area contributed by atoms with Gasteiger partial charge in [0.2, 0.25) is 5.91 Å². The van der Waals surface area contributed by atoms with Crippen molar-refractivity contribution >= 4 is 28.3 Å². The monoisotopic (exact) mass is 320 g/mol. The van der Waals surface area contributed by atoms with Gasteiger partial charge in [-0.2, -0.15) is 0 Å². The molecule has 3 aliphatic carbocycles. The highest BCUT2D eigenvalue weighted by atomic mass is 32.1. The lowest BCUT2D eigenvalue weighted by atomic mass is 9.79. The molecule has 2 bridgehead atoms. The molecule has 1 aromatic rings. The van der Waals surface area contributed by atoms with Gasteiger partial charge in [0.1, 0.15) is 0 Å². The van der Waals surface area contributed by atoms with E-state index >= 15 is 0 Å². The zero-order chi connectivity index (χ0) is 15.3. The maximum absolute atomic E-state index is 12.6. The van der Waals surface area contributed by atoms with Crippen molar-refractivity contribution in [1.82, 2.24) is 4.98 Å². The number of carboxylic acid groups (broad SMARTS) is 1. The van der Waals surface area contributed by atoms with Crippen LogP contribution in [0.15, 0.2) is 0 Å². The van der Waals surface area contributed by atoms with E-state index in [4.69, 9.17) is 0 Å². The van der Waals surface area contributed by atoms with Gasteiger partial charge in [0, 0.05) is 4.88 Å². The Labute approximate surface area is 133 Å². The van der Waals surface area contributed by atoms with Crippen LogP contribution in [0.3, 0.4) is 0 Å². The minimum absolute atomic E-state index is 0.134. The fourth-order valence-electron chi connectivity index (χ4n) is 4.62. The van der Waals surface area contributed by atoms with Gasteiger partial charge < -0.3 is 10.4 Å². The van der Waals surface area contributed by atoms with Gasteiger partial charge in [0.25, 0.3) is 0 Å². The summed E-state index contributed by atoms with van der Waals surface area (Å²) >= 11 is 1.56. The fourth-order valence-corrected chi connectivity index (χ4v) is 5.67. The van der Waals surface area contributed by atoms with Crippen LogP contribution in [0, 0.1) is 23.7 Å². The van der Waals surface area contributed by atoms with Crippen LogP contribution in [-0.2, 0) is 22.4 Å². The van der Waals surface area contributed by atoms with Gasteiger partial charge in [-0.3, -0.25) is 9.59 Å². The lowest BCUT2D eigenvalue weighted by Crippen LogP contribution is -2.37. The first-order chi connectivity index (χ1) is 10.6.